The van der Waals surface area contributed by atoms with E-state index in [0.29, 0.717) is 11.3 Å². The van der Waals surface area contributed by atoms with Crippen LogP contribution in [0.4, 0.5) is 4.39 Å². The maximum absolute atomic E-state index is 12.9. The van der Waals surface area contributed by atoms with Crippen molar-refractivity contribution in [2.24, 2.45) is 5.92 Å². The Morgan fingerprint density at radius 2 is 1.87 bits per heavy atom. The van der Waals surface area contributed by atoms with Crippen LogP contribution in [0.2, 0.25) is 0 Å². The van der Waals surface area contributed by atoms with Crippen LogP contribution in [0.3, 0.4) is 0 Å². The van der Waals surface area contributed by atoms with Gasteiger partial charge in [0.1, 0.15) is 17.6 Å². The molecule has 0 aliphatic heterocycles. The van der Waals surface area contributed by atoms with Crippen molar-refractivity contribution in [1.29, 1.82) is 0 Å². The van der Waals surface area contributed by atoms with Gasteiger partial charge in [0.15, 0.2) is 0 Å². The van der Waals surface area contributed by atoms with Gasteiger partial charge in [-0.25, -0.2) is 4.39 Å². The van der Waals surface area contributed by atoms with Crippen LogP contribution in [0.15, 0.2) is 47.1 Å². The van der Waals surface area contributed by atoms with Crippen LogP contribution in [-0.2, 0) is 11.3 Å². The first-order chi connectivity index (χ1) is 11.0. The summed E-state index contributed by atoms with van der Waals surface area (Å²) in [5, 5.41) is 5.40. The van der Waals surface area contributed by atoms with Gasteiger partial charge in [-0.2, -0.15) is 0 Å². The van der Waals surface area contributed by atoms with Crippen molar-refractivity contribution in [2.45, 2.75) is 26.4 Å². The maximum atomic E-state index is 12.9. The molecular weight excluding hydrogens is 299 g/mol. The zero-order valence-corrected chi connectivity index (χ0v) is 13.0. The highest BCUT2D eigenvalue weighted by Crippen LogP contribution is 2.07. The number of benzene rings is 1. The van der Waals surface area contributed by atoms with Crippen molar-refractivity contribution in [3.8, 4) is 0 Å². The zero-order valence-electron chi connectivity index (χ0n) is 13.0. The fourth-order valence-corrected chi connectivity index (χ4v) is 2.06. The number of hydrogen-bond acceptors (Lipinski definition) is 3. The Balaban J connectivity index is 1.98. The molecule has 0 aliphatic rings. The summed E-state index contributed by atoms with van der Waals surface area (Å²) in [6, 6.07) is 7.96. The normalized spacial score (nSPS) is 12.0. The molecule has 0 radical (unpaired) electrons. The summed E-state index contributed by atoms with van der Waals surface area (Å²) in [6.07, 6.45) is 1.53. The van der Waals surface area contributed by atoms with E-state index in [1.54, 1.807) is 12.1 Å². The highest BCUT2D eigenvalue weighted by molar-refractivity contribution is 5.97. The first kappa shape index (κ1) is 16.7. The van der Waals surface area contributed by atoms with E-state index < -0.39 is 17.8 Å². The Labute approximate surface area is 133 Å². The largest absolute Gasteiger partial charge is 0.467 e. The van der Waals surface area contributed by atoms with Crippen LogP contribution in [0.5, 0.6) is 0 Å². The van der Waals surface area contributed by atoms with Gasteiger partial charge >= 0.3 is 0 Å². The molecule has 5 nitrogen and oxygen atoms in total. The molecule has 2 rings (SSSR count). The van der Waals surface area contributed by atoms with E-state index in [1.807, 2.05) is 13.8 Å². The third-order valence-electron chi connectivity index (χ3n) is 3.36. The first-order valence-electron chi connectivity index (χ1n) is 7.34. The first-order valence-corrected chi connectivity index (χ1v) is 7.34. The van der Waals surface area contributed by atoms with Crippen LogP contribution in [0, 0.1) is 11.7 Å². The van der Waals surface area contributed by atoms with E-state index in [-0.39, 0.29) is 18.4 Å². The van der Waals surface area contributed by atoms with Gasteiger partial charge < -0.3 is 15.1 Å². The summed E-state index contributed by atoms with van der Waals surface area (Å²) in [5.74, 6) is -0.608. The quantitative estimate of drug-likeness (QED) is 0.859. The number of carbonyl (C=O) groups is 2. The monoisotopic (exact) mass is 318 g/mol. The third-order valence-corrected chi connectivity index (χ3v) is 3.36. The Bertz CT molecular complexity index is 651. The molecule has 1 atom stereocenters. The molecule has 1 aromatic carbocycles. The van der Waals surface area contributed by atoms with Crippen LogP contribution < -0.4 is 10.6 Å². The molecule has 1 unspecified atom stereocenters. The molecule has 2 aromatic rings. The van der Waals surface area contributed by atoms with Crippen molar-refractivity contribution < 1.29 is 18.4 Å². The predicted octanol–water partition coefficient (Wildman–Crippen LogP) is 2.49. The number of carbonyl (C=O) groups excluding carboxylic acids is 2. The third kappa shape index (κ3) is 4.67. The van der Waals surface area contributed by atoms with Gasteiger partial charge in [0.25, 0.3) is 5.91 Å². The Morgan fingerprint density at radius 3 is 2.43 bits per heavy atom. The molecule has 0 spiro atoms. The molecular formula is C17H19FN2O3. The number of amides is 2. The van der Waals surface area contributed by atoms with E-state index in [4.69, 9.17) is 4.42 Å². The second kappa shape index (κ2) is 7.58. The van der Waals surface area contributed by atoms with Gasteiger partial charge in [0, 0.05) is 5.56 Å². The summed E-state index contributed by atoms with van der Waals surface area (Å²) < 4.78 is 18.0. The van der Waals surface area contributed by atoms with Gasteiger partial charge in [0.2, 0.25) is 5.91 Å². The maximum Gasteiger partial charge on any atom is 0.251 e. The van der Waals surface area contributed by atoms with E-state index in [9.17, 15) is 14.0 Å². The lowest BCUT2D eigenvalue weighted by molar-refractivity contribution is -0.124. The van der Waals surface area contributed by atoms with Crippen molar-refractivity contribution in [2.75, 3.05) is 0 Å². The Hall–Kier alpha value is -2.63. The van der Waals surface area contributed by atoms with Crippen molar-refractivity contribution >= 4 is 11.8 Å². The molecule has 2 amide bonds. The van der Waals surface area contributed by atoms with E-state index in [2.05, 4.69) is 10.6 Å². The minimum atomic E-state index is -0.692. The van der Waals surface area contributed by atoms with Crippen LogP contribution in [-0.4, -0.2) is 17.9 Å². The van der Waals surface area contributed by atoms with Crippen LogP contribution >= 0.6 is 0 Å². The summed E-state index contributed by atoms with van der Waals surface area (Å²) in [6.45, 7) is 3.92. The van der Waals surface area contributed by atoms with Crippen molar-refractivity contribution in [3.63, 3.8) is 0 Å². The SMILES string of the molecule is CC(C)C(NC(=O)c1ccc(F)cc1)C(=O)NCc1ccco1. The number of hydrogen-bond donors (Lipinski definition) is 2. The molecule has 0 saturated carbocycles. The second-order valence-corrected chi connectivity index (χ2v) is 5.50. The molecule has 1 aromatic heterocycles. The zero-order chi connectivity index (χ0) is 16.8. The van der Waals surface area contributed by atoms with Gasteiger partial charge in [-0.15, -0.1) is 0 Å². The Morgan fingerprint density at radius 1 is 1.17 bits per heavy atom. The van der Waals surface area contributed by atoms with Crippen LogP contribution in [0.1, 0.15) is 30.0 Å². The standard InChI is InChI=1S/C17H19FN2O3/c1-11(2)15(17(22)19-10-14-4-3-9-23-14)20-16(21)12-5-7-13(18)8-6-12/h3-9,11,15H,10H2,1-2H3,(H,19,22)(H,20,21). The average Bonchev–Trinajstić information content (AvgIpc) is 3.03. The summed E-state index contributed by atoms with van der Waals surface area (Å²) in [4.78, 5) is 24.4. The molecule has 0 fully saturated rings. The highest BCUT2D eigenvalue weighted by atomic mass is 19.1. The van der Waals surface area contributed by atoms with Gasteiger partial charge in [0.05, 0.1) is 12.8 Å². The topological polar surface area (TPSA) is 71.3 Å². The number of nitrogens with one attached hydrogen (secondary N) is 2. The molecule has 23 heavy (non-hydrogen) atoms. The lowest BCUT2D eigenvalue weighted by atomic mass is 10.0. The molecule has 6 heteroatoms. The number of furan rings is 1. The predicted molar refractivity (Wildman–Crippen MR) is 83.0 cm³/mol. The molecule has 2 N–H and O–H groups in total. The van der Waals surface area contributed by atoms with E-state index >= 15 is 0 Å². The smallest absolute Gasteiger partial charge is 0.251 e. The number of rotatable bonds is 6. The number of halogens is 1. The molecule has 0 saturated heterocycles. The van der Waals surface area contributed by atoms with Gasteiger partial charge in [-0.05, 0) is 42.3 Å². The van der Waals surface area contributed by atoms with Gasteiger partial charge in [-0.1, -0.05) is 13.8 Å². The second-order valence-electron chi connectivity index (χ2n) is 5.50. The van der Waals surface area contributed by atoms with E-state index in [0.717, 1.165) is 0 Å². The van der Waals surface area contributed by atoms with Crippen molar-refractivity contribution in [1.82, 2.24) is 10.6 Å². The summed E-state index contributed by atoms with van der Waals surface area (Å²) >= 11 is 0. The minimum absolute atomic E-state index is 0.101. The highest BCUT2D eigenvalue weighted by Gasteiger charge is 2.24. The summed E-state index contributed by atoms with van der Waals surface area (Å²) in [7, 11) is 0. The van der Waals surface area contributed by atoms with E-state index in [1.165, 1.54) is 30.5 Å². The lowest BCUT2D eigenvalue weighted by Crippen LogP contribution is -2.49. The fraction of sp³-hybridized carbons (Fsp3) is 0.294. The molecule has 1 heterocycles. The molecule has 0 aliphatic carbocycles. The fourth-order valence-electron chi connectivity index (χ4n) is 2.06. The van der Waals surface area contributed by atoms with Gasteiger partial charge in [-0.3, -0.25) is 9.59 Å². The average molecular weight is 318 g/mol. The van der Waals surface area contributed by atoms with Crippen molar-refractivity contribution in [3.05, 3.63) is 59.8 Å². The minimum Gasteiger partial charge on any atom is -0.467 e. The lowest BCUT2D eigenvalue weighted by Gasteiger charge is -2.21. The Kier molecular flexibility index (Phi) is 5.51. The molecule has 122 valence electrons. The van der Waals surface area contributed by atoms with Crippen LogP contribution in [0.25, 0.3) is 0 Å². The summed E-state index contributed by atoms with van der Waals surface area (Å²) in [5.41, 5.74) is 0.302. The molecule has 0 bridgehead atoms.